The van der Waals surface area contributed by atoms with Gasteiger partial charge in [-0.25, -0.2) is 17.2 Å². The Bertz CT molecular complexity index is 658. The van der Waals surface area contributed by atoms with Crippen molar-refractivity contribution in [2.45, 2.75) is 18.9 Å². The SMILES string of the molecule is COCCCN(C(=O)c1cc(F)cc(F)c1)C1CCS(=O)(=O)C1. The molecule has 1 aliphatic rings. The standard InChI is InChI=1S/C15H19F2NO4S/c1-22-5-2-4-18(14-3-6-23(20,21)10-14)15(19)11-7-12(16)9-13(17)8-11/h7-9,14H,2-6,10H2,1H3. The van der Waals surface area contributed by atoms with E-state index in [1.165, 1.54) is 12.0 Å². The zero-order valence-corrected chi connectivity index (χ0v) is 13.6. The molecule has 2 rings (SSSR count). The zero-order valence-electron chi connectivity index (χ0n) is 12.8. The molecule has 1 aromatic carbocycles. The van der Waals surface area contributed by atoms with Crippen molar-refractivity contribution in [2.24, 2.45) is 0 Å². The molecule has 1 heterocycles. The van der Waals surface area contributed by atoms with Crippen molar-refractivity contribution < 1.29 is 26.7 Å². The number of hydrogen-bond acceptors (Lipinski definition) is 4. The highest BCUT2D eigenvalue weighted by Gasteiger charge is 2.34. The molecule has 0 saturated carbocycles. The highest BCUT2D eigenvalue weighted by atomic mass is 32.2. The summed E-state index contributed by atoms with van der Waals surface area (Å²) in [6.45, 7) is 0.672. The van der Waals surface area contributed by atoms with Gasteiger partial charge in [0.1, 0.15) is 11.6 Å². The second-order valence-electron chi connectivity index (χ2n) is 5.56. The van der Waals surface area contributed by atoms with Crippen LogP contribution < -0.4 is 0 Å². The molecule has 1 aliphatic heterocycles. The number of halogens is 2. The molecule has 1 aromatic rings. The van der Waals surface area contributed by atoms with E-state index in [0.29, 0.717) is 25.5 Å². The lowest BCUT2D eigenvalue weighted by Crippen LogP contribution is -2.42. The van der Waals surface area contributed by atoms with Gasteiger partial charge >= 0.3 is 0 Å². The minimum atomic E-state index is -3.18. The summed E-state index contributed by atoms with van der Waals surface area (Å²) in [5.41, 5.74) is -0.121. The molecule has 0 radical (unpaired) electrons. The fourth-order valence-corrected chi connectivity index (χ4v) is 4.42. The lowest BCUT2D eigenvalue weighted by Gasteiger charge is -2.28. The number of amides is 1. The van der Waals surface area contributed by atoms with Gasteiger partial charge < -0.3 is 9.64 Å². The van der Waals surface area contributed by atoms with E-state index in [4.69, 9.17) is 4.74 Å². The minimum absolute atomic E-state index is 0.0171. The number of benzene rings is 1. The summed E-state index contributed by atoms with van der Waals surface area (Å²) in [6.07, 6.45) is 0.843. The summed E-state index contributed by atoms with van der Waals surface area (Å²) in [5, 5.41) is 0. The first-order valence-corrected chi connectivity index (χ1v) is 9.11. The maximum absolute atomic E-state index is 13.3. The van der Waals surface area contributed by atoms with Crippen LogP contribution in [0.3, 0.4) is 0 Å². The molecular formula is C15H19F2NO4S. The molecule has 5 nitrogen and oxygen atoms in total. The van der Waals surface area contributed by atoms with E-state index in [-0.39, 0.29) is 23.6 Å². The van der Waals surface area contributed by atoms with Crippen LogP contribution in [0.5, 0.6) is 0 Å². The van der Waals surface area contributed by atoms with Crippen LogP contribution >= 0.6 is 0 Å². The van der Waals surface area contributed by atoms with Gasteiger partial charge in [-0.1, -0.05) is 0 Å². The van der Waals surface area contributed by atoms with E-state index in [0.717, 1.165) is 12.1 Å². The molecule has 1 saturated heterocycles. The number of methoxy groups -OCH3 is 1. The van der Waals surface area contributed by atoms with Crippen LogP contribution in [0.4, 0.5) is 8.78 Å². The maximum atomic E-state index is 13.3. The predicted octanol–water partition coefficient (Wildman–Crippen LogP) is 1.63. The summed E-state index contributed by atoms with van der Waals surface area (Å²) in [4.78, 5) is 14.0. The van der Waals surface area contributed by atoms with Gasteiger partial charge in [0.15, 0.2) is 9.84 Å². The minimum Gasteiger partial charge on any atom is -0.385 e. The molecule has 128 valence electrons. The highest BCUT2D eigenvalue weighted by Crippen LogP contribution is 2.21. The third-order valence-electron chi connectivity index (χ3n) is 3.77. The molecule has 23 heavy (non-hydrogen) atoms. The second-order valence-corrected chi connectivity index (χ2v) is 7.79. The average molecular weight is 347 g/mol. The lowest BCUT2D eigenvalue weighted by atomic mass is 10.1. The summed E-state index contributed by atoms with van der Waals surface area (Å²) in [6, 6.07) is 2.12. The average Bonchev–Trinajstić information content (AvgIpc) is 2.82. The van der Waals surface area contributed by atoms with E-state index < -0.39 is 33.4 Å². The van der Waals surface area contributed by atoms with E-state index in [9.17, 15) is 22.0 Å². The Balaban J connectivity index is 2.23. The molecule has 0 N–H and O–H groups in total. The molecule has 0 spiro atoms. The van der Waals surface area contributed by atoms with Crippen molar-refractivity contribution in [3.8, 4) is 0 Å². The Labute approximate surface area is 134 Å². The molecule has 1 fully saturated rings. The molecule has 0 aliphatic carbocycles. The van der Waals surface area contributed by atoms with Gasteiger partial charge in [-0.05, 0) is 25.0 Å². The van der Waals surface area contributed by atoms with Crippen molar-refractivity contribution in [1.82, 2.24) is 4.90 Å². The highest BCUT2D eigenvalue weighted by molar-refractivity contribution is 7.91. The second kappa shape index (κ2) is 7.35. The van der Waals surface area contributed by atoms with Gasteiger partial charge in [0, 0.05) is 37.9 Å². The van der Waals surface area contributed by atoms with Crippen LogP contribution in [0.25, 0.3) is 0 Å². The molecule has 1 amide bonds. The van der Waals surface area contributed by atoms with E-state index >= 15 is 0 Å². The number of ether oxygens (including phenoxy) is 1. The van der Waals surface area contributed by atoms with Crippen LogP contribution in [-0.2, 0) is 14.6 Å². The number of sulfone groups is 1. The van der Waals surface area contributed by atoms with Gasteiger partial charge in [-0.3, -0.25) is 4.79 Å². The first kappa shape index (κ1) is 17.8. The molecule has 0 aromatic heterocycles. The monoisotopic (exact) mass is 347 g/mol. The Hall–Kier alpha value is -1.54. The summed E-state index contributed by atoms with van der Waals surface area (Å²) in [7, 11) is -1.65. The van der Waals surface area contributed by atoms with Crippen molar-refractivity contribution in [3.05, 3.63) is 35.4 Å². The van der Waals surface area contributed by atoms with Crippen molar-refractivity contribution in [2.75, 3.05) is 31.8 Å². The van der Waals surface area contributed by atoms with E-state index in [1.54, 1.807) is 0 Å². The molecule has 1 unspecified atom stereocenters. The van der Waals surface area contributed by atoms with Gasteiger partial charge in [0.25, 0.3) is 5.91 Å². The molecule has 0 bridgehead atoms. The Morgan fingerprint density at radius 2 is 1.96 bits per heavy atom. The van der Waals surface area contributed by atoms with Crippen LogP contribution in [-0.4, -0.2) is 57.0 Å². The molecule has 8 heteroatoms. The smallest absolute Gasteiger partial charge is 0.254 e. The van der Waals surface area contributed by atoms with Crippen LogP contribution in [0.2, 0.25) is 0 Å². The van der Waals surface area contributed by atoms with Crippen LogP contribution in [0.15, 0.2) is 18.2 Å². The number of nitrogens with zero attached hydrogens (tertiary/aromatic N) is 1. The largest absolute Gasteiger partial charge is 0.385 e. The quantitative estimate of drug-likeness (QED) is 0.734. The molecule has 1 atom stereocenters. The Morgan fingerprint density at radius 3 is 2.48 bits per heavy atom. The summed E-state index contributed by atoms with van der Waals surface area (Å²) in [5.74, 6) is -2.36. The van der Waals surface area contributed by atoms with Gasteiger partial charge in [-0.2, -0.15) is 0 Å². The van der Waals surface area contributed by atoms with Crippen LogP contribution in [0, 0.1) is 11.6 Å². The van der Waals surface area contributed by atoms with Gasteiger partial charge in [-0.15, -0.1) is 0 Å². The third-order valence-corrected chi connectivity index (χ3v) is 5.52. The zero-order chi connectivity index (χ0) is 17.0. The Kier molecular flexibility index (Phi) is 5.69. The predicted molar refractivity (Wildman–Crippen MR) is 80.9 cm³/mol. The van der Waals surface area contributed by atoms with Crippen molar-refractivity contribution >= 4 is 15.7 Å². The third kappa shape index (κ3) is 4.71. The fraction of sp³-hybridized carbons (Fsp3) is 0.533. The lowest BCUT2D eigenvalue weighted by molar-refractivity contribution is 0.0673. The number of rotatable bonds is 6. The number of hydrogen-bond donors (Lipinski definition) is 0. The summed E-state index contributed by atoms with van der Waals surface area (Å²) >= 11 is 0. The molecular weight excluding hydrogens is 328 g/mol. The van der Waals surface area contributed by atoms with Crippen molar-refractivity contribution in [3.63, 3.8) is 0 Å². The van der Waals surface area contributed by atoms with Gasteiger partial charge in [0.2, 0.25) is 0 Å². The normalized spacial score (nSPS) is 19.7. The maximum Gasteiger partial charge on any atom is 0.254 e. The first-order valence-electron chi connectivity index (χ1n) is 7.29. The topological polar surface area (TPSA) is 63.7 Å². The van der Waals surface area contributed by atoms with Gasteiger partial charge in [0.05, 0.1) is 11.5 Å². The number of carbonyl (C=O) groups excluding carboxylic acids is 1. The van der Waals surface area contributed by atoms with Crippen molar-refractivity contribution in [1.29, 1.82) is 0 Å². The first-order chi connectivity index (χ1) is 10.8. The Morgan fingerprint density at radius 1 is 1.30 bits per heavy atom. The fourth-order valence-electron chi connectivity index (χ4n) is 2.69. The summed E-state index contributed by atoms with van der Waals surface area (Å²) < 4.78 is 54.9. The number of carbonyl (C=O) groups is 1. The van der Waals surface area contributed by atoms with Crippen LogP contribution in [0.1, 0.15) is 23.2 Å². The van der Waals surface area contributed by atoms with E-state index in [2.05, 4.69) is 0 Å². The van der Waals surface area contributed by atoms with E-state index in [1.807, 2.05) is 0 Å².